The Balaban J connectivity index is 2.49. The molecule has 1 aromatic carbocycles. The van der Waals surface area contributed by atoms with E-state index in [1.54, 1.807) is 0 Å². The third-order valence-electron chi connectivity index (χ3n) is 5.12. The van der Waals surface area contributed by atoms with Crippen LogP contribution in [0.3, 0.4) is 0 Å². The van der Waals surface area contributed by atoms with E-state index in [1.807, 2.05) is 6.92 Å². The van der Waals surface area contributed by atoms with Gasteiger partial charge in [-0.05, 0) is 46.9 Å². The van der Waals surface area contributed by atoms with Crippen molar-refractivity contribution < 1.29 is 9.59 Å². The van der Waals surface area contributed by atoms with E-state index in [9.17, 15) is 9.59 Å². The fraction of sp³-hybridized carbons (Fsp3) is 0.556. The SMILES string of the molecule is Cc1c2c(c(C)c3c1C(=O)CC3(C)C)C(C)(C)CC2=O. The number of carbonyl (C=O) groups is 2. The smallest absolute Gasteiger partial charge is 0.164 e. The van der Waals surface area contributed by atoms with E-state index in [4.69, 9.17) is 0 Å². The van der Waals surface area contributed by atoms with Gasteiger partial charge in [0.05, 0.1) is 0 Å². The Morgan fingerprint density at radius 3 is 1.40 bits per heavy atom. The molecular weight excluding hydrogens is 248 g/mol. The molecule has 2 aliphatic rings. The zero-order valence-electron chi connectivity index (χ0n) is 13.2. The topological polar surface area (TPSA) is 34.1 Å². The second-order valence-corrected chi connectivity index (χ2v) is 7.72. The fourth-order valence-electron chi connectivity index (χ4n) is 4.55. The van der Waals surface area contributed by atoms with Crippen molar-refractivity contribution in [2.24, 2.45) is 0 Å². The van der Waals surface area contributed by atoms with Gasteiger partial charge in [-0.2, -0.15) is 0 Å². The molecule has 0 radical (unpaired) electrons. The third kappa shape index (κ3) is 1.45. The molecular formula is C18H22O2. The van der Waals surface area contributed by atoms with Crippen molar-refractivity contribution in [3.8, 4) is 0 Å². The van der Waals surface area contributed by atoms with Gasteiger partial charge in [-0.15, -0.1) is 0 Å². The van der Waals surface area contributed by atoms with E-state index in [-0.39, 0.29) is 22.4 Å². The quantitative estimate of drug-likeness (QED) is 0.713. The molecule has 0 aliphatic heterocycles. The zero-order chi connectivity index (χ0) is 15.0. The molecule has 0 saturated heterocycles. The van der Waals surface area contributed by atoms with Crippen LogP contribution in [0.1, 0.15) is 83.5 Å². The van der Waals surface area contributed by atoms with Crippen LogP contribution in [0, 0.1) is 13.8 Å². The Morgan fingerprint density at radius 1 is 0.700 bits per heavy atom. The molecule has 0 fully saturated rings. The van der Waals surface area contributed by atoms with E-state index in [2.05, 4.69) is 34.6 Å². The number of hydrogen-bond acceptors (Lipinski definition) is 2. The van der Waals surface area contributed by atoms with Crippen LogP contribution in [0.5, 0.6) is 0 Å². The summed E-state index contributed by atoms with van der Waals surface area (Å²) in [5.74, 6) is 0.400. The van der Waals surface area contributed by atoms with Gasteiger partial charge in [-0.3, -0.25) is 9.59 Å². The number of carbonyl (C=O) groups excluding carboxylic acids is 2. The average molecular weight is 270 g/mol. The van der Waals surface area contributed by atoms with Gasteiger partial charge >= 0.3 is 0 Å². The van der Waals surface area contributed by atoms with Crippen LogP contribution in [0.2, 0.25) is 0 Å². The summed E-state index contributed by atoms with van der Waals surface area (Å²) in [6.45, 7) is 12.6. The van der Waals surface area contributed by atoms with Gasteiger partial charge in [-0.1, -0.05) is 27.7 Å². The van der Waals surface area contributed by atoms with Crippen molar-refractivity contribution in [2.75, 3.05) is 0 Å². The summed E-state index contributed by atoms with van der Waals surface area (Å²) in [5, 5.41) is 0. The Labute approximate surface area is 120 Å². The van der Waals surface area contributed by atoms with Crippen molar-refractivity contribution in [1.82, 2.24) is 0 Å². The summed E-state index contributed by atoms with van der Waals surface area (Å²) in [5.41, 5.74) is 5.90. The van der Waals surface area contributed by atoms with Crippen LogP contribution in [-0.2, 0) is 10.8 Å². The molecule has 0 saturated carbocycles. The molecule has 20 heavy (non-hydrogen) atoms. The maximum atomic E-state index is 12.4. The minimum absolute atomic E-state index is 0.113. The molecule has 2 heteroatoms. The second-order valence-electron chi connectivity index (χ2n) is 7.72. The lowest BCUT2D eigenvalue weighted by Crippen LogP contribution is -2.20. The predicted molar refractivity (Wildman–Crippen MR) is 79.9 cm³/mol. The molecule has 106 valence electrons. The van der Waals surface area contributed by atoms with Crippen LogP contribution < -0.4 is 0 Å². The lowest BCUT2D eigenvalue weighted by molar-refractivity contribution is 0.0976. The fourth-order valence-corrected chi connectivity index (χ4v) is 4.55. The van der Waals surface area contributed by atoms with Crippen LogP contribution in [-0.4, -0.2) is 11.6 Å². The monoisotopic (exact) mass is 270 g/mol. The van der Waals surface area contributed by atoms with Gasteiger partial charge in [-0.25, -0.2) is 0 Å². The Bertz CT molecular complexity index is 620. The van der Waals surface area contributed by atoms with Crippen LogP contribution in [0.25, 0.3) is 0 Å². The number of rotatable bonds is 0. The normalized spacial score (nSPS) is 22.1. The summed E-state index contributed by atoms with van der Waals surface area (Å²) in [4.78, 5) is 24.8. The minimum atomic E-state index is -0.113. The molecule has 2 nitrogen and oxygen atoms in total. The van der Waals surface area contributed by atoms with Crippen molar-refractivity contribution in [3.63, 3.8) is 0 Å². The van der Waals surface area contributed by atoms with Crippen molar-refractivity contribution in [2.45, 2.75) is 65.2 Å². The first-order chi connectivity index (χ1) is 9.08. The number of benzene rings is 1. The van der Waals surface area contributed by atoms with E-state index in [0.29, 0.717) is 12.8 Å². The van der Waals surface area contributed by atoms with Crippen molar-refractivity contribution in [1.29, 1.82) is 0 Å². The van der Waals surface area contributed by atoms with E-state index < -0.39 is 0 Å². The molecule has 0 bridgehead atoms. The maximum absolute atomic E-state index is 12.4. The summed E-state index contributed by atoms with van der Waals surface area (Å²) < 4.78 is 0. The van der Waals surface area contributed by atoms with Crippen molar-refractivity contribution >= 4 is 11.6 Å². The Morgan fingerprint density at radius 2 is 1.05 bits per heavy atom. The molecule has 0 spiro atoms. The first-order valence-corrected chi connectivity index (χ1v) is 7.32. The molecule has 0 unspecified atom stereocenters. The van der Waals surface area contributed by atoms with E-state index in [0.717, 1.165) is 16.7 Å². The summed E-state index contributed by atoms with van der Waals surface area (Å²) >= 11 is 0. The number of hydrogen-bond donors (Lipinski definition) is 0. The molecule has 0 heterocycles. The average Bonchev–Trinajstić information content (AvgIpc) is 2.65. The molecule has 0 N–H and O–H groups in total. The summed E-state index contributed by atoms with van der Waals surface area (Å²) in [6, 6.07) is 0. The molecule has 3 rings (SSSR count). The number of fused-ring (bicyclic) bond motifs is 2. The molecule has 0 atom stereocenters. The Hall–Kier alpha value is -1.44. The van der Waals surface area contributed by atoms with Gasteiger partial charge in [0.25, 0.3) is 0 Å². The van der Waals surface area contributed by atoms with E-state index >= 15 is 0 Å². The predicted octanol–water partition coefficient (Wildman–Crippen LogP) is 4.03. The lowest BCUT2D eigenvalue weighted by Gasteiger charge is -2.27. The molecule has 2 aliphatic carbocycles. The summed E-state index contributed by atoms with van der Waals surface area (Å²) in [6.07, 6.45) is 1.11. The van der Waals surface area contributed by atoms with Crippen LogP contribution >= 0.6 is 0 Å². The highest BCUT2D eigenvalue weighted by Gasteiger charge is 2.46. The zero-order valence-corrected chi connectivity index (χ0v) is 13.2. The second kappa shape index (κ2) is 3.60. The van der Waals surface area contributed by atoms with Gasteiger partial charge in [0, 0.05) is 24.0 Å². The van der Waals surface area contributed by atoms with Gasteiger partial charge in [0.2, 0.25) is 0 Å². The van der Waals surface area contributed by atoms with Gasteiger partial charge in [0.1, 0.15) is 0 Å². The number of Topliss-reactive ketones (excluding diaryl/α,β-unsaturated/α-hetero) is 2. The Kier molecular flexibility index (Phi) is 2.44. The minimum Gasteiger partial charge on any atom is -0.294 e. The first kappa shape index (κ1) is 13.5. The molecule has 0 amide bonds. The van der Waals surface area contributed by atoms with Gasteiger partial charge < -0.3 is 0 Å². The molecule has 1 aromatic rings. The maximum Gasteiger partial charge on any atom is 0.164 e. The van der Waals surface area contributed by atoms with Crippen LogP contribution in [0.4, 0.5) is 0 Å². The standard InChI is InChI=1S/C18H22O2/c1-9-13-11(19)7-17(3,4)15(13)10(2)16-14(9)12(20)8-18(16,5)6/h7-8H2,1-6H3. The molecule has 0 aromatic heterocycles. The highest BCUT2D eigenvalue weighted by molar-refractivity contribution is 6.10. The van der Waals surface area contributed by atoms with Crippen molar-refractivity contribution in [3.05, 3.63) is 33.4 Å². The highest BCUT2D eigenvalue weighted by atomic mass is 16.1. The highest BCUT2D eigenvalue weighted by Crippen LogP contribution is 2.50. The lowest BCUT2D eigenvalue weighted by atomic mass is 9.76. The third-order valence-corrected chi connectivity index (χ3v) is 5.12. The first-order valence-electron chi connectivity index (χ1n) is 7.32. The number of ketones is 2. The van der Waals surface area contributed by atoms with Gasteiger partial charge in [0.15, 0.2) is 11.6 Å². The van der Waals surface area contributed by atoms with Crippen LogP contribution in [0.15, 0.2) is 0 Å². The van der Waals surface area contributed by atoms with E-state index in [1.165, 1.54) is 16.7 Å². The largest absolute Gasteiger partial charge is 0.294 e. The summed E-state index contributed by atoms with van der Waals surface area (Å²) in [7, 11) is 0.